The zero-order valence-corrected chi connectivity index (χ0v) is 8.54. The first-order chi connectivity index (χ1) is 6.70. The summed E-state index contributed by atoms with van der Waals surface area (Å²) in [6, 6.07) is 3.95. The molecule has 0 N–H and O–H groups in total. The minimum atomic E-state index is 0.694. The summed E-state index contributed by atoms with van der Waals surface area (Å²) < 4.78 is 10.6. The van der Waals surface area contributed by atoms with Gasteiger partial charge in [0.15, 0.2) is 11.5 Å². The highest BCUT2D eigenvalue weighted by atomic mass is 16.5. The summed E-state index contributed by atoms with van der Waals surface area (Å²) in [6.45, 7) is 11.0. The summed E-state index contributed by atoms with van der Waals surface area (Å²) in [6.07, 6.45) is 2.77. The SMILES string of the molecule is C=COc1c(C)ccc(C)c1OC=C. The van der Waals surface area contributed by atoms with Crippen LogP contribution in [0.2, 0.25) is 0 Å². The third-order valence-electron chi connectivity index (χ3n) is 1.91. The van der Waals surface area contributed by atoms with Crippen molar-refractivity contribution in [3.8, 4) is 11.5 Å². The number of hydrogen-bond donors (Lipinski definition) is 0. The Hall–Kier alpha value is -1.70. The largest absolute Gasteiger partial charge is 0.461 e. The van der Waals surface area contributed by atoms with Gasteiger partial charge in [-0.05, 0) is 25.0 Å². The van der Waals surface area contributed by atoms with E-state index in [0.717, 1.165) is 11.1 Å². The lowest BCUT2D eigenvalue weighted by molar-refractivity contribution is 0.414. The number of aryl methyl sites for hydroxylation is 2. The fourth-order valence-corrected chi connectivity index (χ4v) is 1.22. The Labute approximate surface area is 84.5 Å². The van der Waals surface area contributed by atoms with Gasteiger partial charge in [-0.25, -0.2) is 0 Å². The van der Waals surface area contributed by atoms with Gasteiger partial charge in [-0.2, -0.15) is 0 Å². The second-order valence-corrected chi connectivity index (χ2v) is 2.93. The van der Waals surface area contributed by atoms with Gasteiger partial charge in [-0.15, -0.1) is 0 Å². The predicted molar refractivity (Wildman–Crippen MR) is 57.6 cm³/mol. The second-order valence-electron chi connectivity index (χ2n) is 2.93. The number of hydrogen-bond acceptors (Lipinski definition) is 2. The maximum Gasteiger partial charge on any atom is 0.172 e. The summed E-state index contributed by atoms with van der Waals surface area (Å²) in [4.78, 5) is 0. The standard InChI is InChI=1S/C12H14O2/c1-5-13-11-9(3)7-8-10(4)12(11)14-6-2/h5-8H,1-2H2,3-4H3. The predicted octanol–water partition coefficient (Wildman–Crippen LogP) is 3.35. The van der Waals surface area contributed by atoms with E-state index in [0.29, 0.717) is 11.5 Å². The van der Waals surface area contributed by atoms with E-state index in [-0.39, 0.29) is 0 Å². The smallest absolute Gasteiger partial charge is 0.172 e. The van der Waals surface area contributed by atoms with E-state index < -0.39 is 0 Å². The lowest BCUT2D eigenvalue weighted by Gasteiger charge is -2.12. The molecule has 2 nitrogen and oxygen atoms in total. The zero-order chi connectivity index (χ0) is 10.6. The van der Waals surface area contributed by atoms with E-state index in [9.17, 15) is 0 Å². The van der Waals surface area contributed by atoms with Crippen molar-refractivity contribution >= 4 is 0 Å². The van der Waals surface area contributed by atoms with Crippen molar-refractivity contribution in [3.63, 3.8) is 0 Å². The number of benzene rings is 1. The summed E-state index contributed by atoms with van der Waals surface area (Å²) >= 11 is 0. The maximum atomic E-state index is 5.29. The van der Waals surface area contributed by atoms with Crippen LogP contribution in [0, 0.1) is 13.8 Å². The Balaban J connectivity index is 3.24. The molecule has 0 aliphatic carbocycles. The molecule has 0 heterocycles. The fourth-order valence-electron chi connectivity index (χ4n) is 1.22. The first-order valence-corrected chi connectivity index (χ1v) is 4.36. The molecule has 0 spiro atoms. The highest BCUT2D eigenvalue weighted by Crippen LogP contribution is 2.34. The normalized spacial score (nSPS) is 9.29. The van der Waals surface area contributed by atoms with Crippen LogP contribution in [-0.2, 0) is 0 Å². The molecule has 0 aliphatic heterocycles. The van der Waals surface area contributed by atoms with Crippen molar-refractivity contribution in [1.82, 2.24) is 0 Å². The van der Waals surface area contributed by atoms with E-state index >= 15 is 0 Å². The monoisotopic (exact) mass is 190 g/mol. The Morgan fingerprint density at radius 1 is 0.929 bits per heavy atom. The number of ether oxygens (including phenoxy) is 2. The van der Waals surface area contributed by atoms with Crippen LogP contribution in [0.15, 0.2) is 37.8 Å². The Morgan fingerprint density at radius 3 is 1.57 bits per heavy atom. The first kappa shape index (κ1) is 10.4. The van der Waals surface area contributed by atoms with E-state index in [2.05, 4.69) is 13.2 Å². The van der Waals surface area contributed by atoms with Gasteiger partial charge in [0.25, 0.3) is 0 Å². The van der Waals surface area contributed by atoms with Gasteiger partial charge in [0, 0.05) is 0 Å². The van der Waals surface area contributed by atoms with Crippen LogP contribution >= 0.6 is 0 Å². The quantitative estimate of drug-likeness (QED) is 0.678. The van der Waals surface area contributed by atoms with Crippen molar-refractivity contribution in [1.29, 1.82) is 0 Å². The molecule has 0 unspecified atom stereocenters. The van der Waals surface area contributed by atoms with Gasteiger partial charge in [-0.1, -0.05) is 25.3 Å². The third-order valence-corrected chi connectivity index (χ3v) is 1.91. The third kappa shape index (κ3) is 1.96. The summed E-state index contributed by atoms with van der Waals surface area (Å²) in [7, 11) is 0. The molecule has 0 saturated heterocycles. The van der Waals surface area contributed by atoms with Crippen LogP contribution in [-0.4, -0.2) is 0 Å². The van der Waals surface area contributed by atoms with Gasteiger partial charge in [0.2, 0.25) is 0 Å². The number of rotatable bonds is 4. The van der Waals surface area contributed by atoms with E-state index in [1.807, 2.05) is 26.0 Å². The molecule has 0 aromatic heterocycles. The highest BCUT2D eigenvalue weighted by Gasteiger charge is 2.10. The van der Waals surface area contributed by atoms with Crippen LogP contribution in [0.25, 0.3) is 0 Å². The minimum absolute atomic E-state index is 0.694. The minimum Gasteiger partial charge on any atom is -0.461 e. The molecular formula is C12H14O2. The van der Waals surface area contributed by atoms with Crippen LogP contribution in [0.1, 0.15) is 11.1 Å². The van der Waals surface area contributed by atoms with Crippen molar-refractivity contribution in [2.24, 2.45) is 0 Å². The zero-order valence-electron chi connectivity index (χ0n) is 8.54. The Bertz CT molecular complexity index is 319. The summed E-state index contributed by atoms with van der Waals surface area (Å²) in [5.74, 6) is 1.39. The van der Waals surface area contributed by atoms with E-state index in [4.69, 9.17) is 9.47 Å². The van der Waals surface area contributed by atoms with Crippen molar-refractivity contribution in [3.05, 3.63) is 48.9 Å². The molecule has 1 aromatic carbocycles. The molecule has 1 aromatic rings. The van der Waals surface area contributed by atoms with Gasteiger partial charge < -0.3 is 9.47 Å². The maximum absolute atomic E-state index is 5.29. The van der Waals surface area contributed by atoms with Crippen LogP contribution in [0.3, 0.4) is 0 Å². The Morgan fingerprint density at radius 2 is 1.29 bits per heavy atom. The average molecular weight is 190 g/mol. The van der Waals surface area contributed by atoms with Gasteiger partial charge in [0.1, 0.15) is 0 Å². The molecule has 0 amide bonds. The van der Waals surface area contributed by atoms with Gasteiger partial charge >= 0.3 is 0 Å². The van der Waals surface area contributed by atoms with Crippen LogP contribution < -0.4 is 9.47 Å². The highest BCUT2D eigenvalue weighted by molar-refractivity contribution is 5.51. The van der Waals surface area contributed by atoms with Crippen molar-refractivity contribution in [2.45, 2.75) is 13.8 Å². The summed E-state index contributed by atoms with van der Waals surface area (Å²) in [5.41, 5.74) is 2.01. The molecule has 0 atom stereocenters. The molecule has 0 saturated carbocycles. The van der Waals surface area contributed by atoms with Crippen LogP contribution in [0.5, 0.6) is 11.5 Å². The van der Waals surface area contributed by atoms with Crippen LogP contribution in [0.4, 0.5) is 0 Å². The van der Waals surface area contributed by atoms with Crippen molar-refractivity contribution < 1.29 is 9.47 Å². The molecule has 74 valence electrons. The van der Waals surface area contributed by atoms with Crippen molar-refractivity contribution in [2.75, 3.05) is 0 Å². The van der Waals surface area contributed by atoms with Gasteiger partial charge in [-0.3, -0.25) is 0 Å². The second kappa shape index (κ2) is 4.51. The van der Waals surface area contributed by atoms with E-state index in [1.54, 1.807) is 0 Å². The fraction of sp³-hybridized carbons (Fsp3) is 0.167. The first-order valence-electron chi connectivity index (χ1n) is 4.36. The molecule has 0 bridgehead atoms. The van der Waals surface area contributed by atoms with Gasteiger partial charge in [0.05, 0.1) is 12.5 Å². The Kier molecular flexibility index (Phi) is 3.35. The lowest BCUT2D eigenvalue weighted by Crippen LogP contribution is -1.93. The lowest BCUT2D eigenvalue weighted by atomic mass is 10.1. The van der Waals surface area contributed by atoms with E-state index in [1.165, 1.54) is 12.5 Å². The molecular weight excluding hydrogens is 176 g/mol. The molecule has 0 radical (unpaired) electrons. The molecule has 0 aliphatic rings. The molecule has 2 heteroatoms. The summed E-state index contributed by atoms with van der Waals surface area (Å²) in [5, 5.41) is 0. The topological polar surface area (TPSA) is 18.5 Å². The molecule has 0 fully saturated rings. The average Bonchev–Trinajstić information content (AvgIpc) is 2.17. The molecule has 14 heavy (non-hydrogen) atoms. The molecule has 1 rings (SSSR count).